The van der Waals surface area contributed by atoms with Crippen LogP contribution in [-0.4, -0.2) is 42.6 Å². The van der Waals surface area contributed by atoms with E-state index in [1.807, 2.05) is 24.3 Å². The van der Waals surface area contributed by atoms with Crippen molar-refractivity contribution in [3.05, 3.63) is 35.4 Å². The fourth-order valence-electron chi connectivity index (χ4n) is 2.11. The van der Waals surface area contributed by atoms with Gasteiger partial charge in [0.05, 0.1) is 13.2 Å². The normalized spacial score (nSPS) is 16.7. The molecule has 7 heteroatoms. The third kappa shape index (κ3) is 4.03. The molecule has 0 saturated heterocycles. The topological polar surface area (TPSA) is 105 Å². The van der Waals surface area contributed by atoms with Gasteiger partial charge in [0.2, 0.25) is 5.91 Å². The molecule has 1 unspecified atom stereocenters. The molecule has 1 aromatic carbocycles. The van der Waals surface area contributed by atoms with Crippen molar-refractivity contribution in [2.24, 2.45) is 0 Å². The van der Waals surface area contributed by atoms with Crippen LogP contribution in [0.25, 0.3) is 0 Å². The number of rotatable bonds is 5. The van der Waals surface area contributed by atoms with Gasteiger partial charge in [-0.25, -0.2) is 0 Å². The van der Waals surface area contributed by atoms with Gasteiger partial charge in [0.1, 0.15) is 6.54 Å². The van der Waals surface area contributed by atoms with Gasteiger partial charge in [-0.2, -0.15) is 0 Å². The summed E-state index contributed by atoms with van der Waals surface area (Å²) in [6.07, 6.45) is 0.0150. The van der Waals surface area contributed by atoms with Crippen LogP contribution in [0.15, 0.2) is 24.3 Å². The number of ether oxygens (including phenoxy) is 1. The lowest BCUT2D eigenvalue weighted by atomic mass is 9.97. The third-order valence-corrected chi connectivity index (χ3v) is 3.09. The smallest absolute Gasteiger partial charge is 0.322 e. The largest absolute Gasteiger partial charge is 0.480 e. The number of carbonyl (C=O) groups excluding carboxylic acids is 2. The summed E-state index contributed by atoms with van der Waals surface area (Å²) in [5.74, 6) is -2.11. The standard InChI is InChI=1S/C14H16N2O5/c17-11(15-8-12(18)19)7-16-14(20)13-10-4-2-1-3-9(10)5-6-21-13/h1-4,13H,5-8H2,(H,15,17)(H,16,20)(H,18,19). The Labute approximate surface area is 121 Å². The van der Waals surface area contributed by atoms with E-state index >= 15 is 0 Å². The molecule has 0 aromatic heterocycles. The lowest BCUT2D eigenvalue weighted by Gasteiger charge is -2.25. The number of amides is 2. The molecular formula is C14H16N2O5. The van der Waals surface area contributed by atoms with Gasteiger partial charge < -0.3 is 20.5 Å². The lowest BCUT2D eigenvalue weighted by molar-refractivity contribution is -0.138. The minimum absolute atomic E-state index is 0.284. The van der Waals surface area contributed by atoms with Crippen LogP contribution < -0.4 is 10.6 Å². The first-order chi connectivity index (χ1) is 10.1. The highest BCUT2D eigenvalue weighted by molar-refractivity contribution is 5.89. The zero-order valence-corrected chi connectivity index (χ0v) is 11.3. The summed E-state index contributed by atoms with van der Waals surface area (Å²) >= 11 is 0. The molecule has 1 aliphatic heterocycles. The second-order valence-electron chi connectivity index (χ2n) is 4.59. The van der Waals surface area contributed by atoms with Crippen LogP contribution in [0.5, 0.6) is 0 Å². The minimum atomic E-state index is -1.14. The van der Waals surface area contributed by atoms with Gasteiger partial charge in [-0.15, -0.1) is 0 Å². The molecule has 2 rings (SSSR count). The van der Waals surface area contributed by atoms with Crippen LogP contribution in [0.2, 0.25) is 0 Å². The highest BCUT2D eigenvalue weighted by atomic mass is 16.5. The predicted molar refractivity (Wildman–Crippen MR) is 72.5 cm³/mol. The first kappa shape index (κ1) is 15.0. The average Bonchev–Trinajstić information content (AvgIpc) is 2.50. The molecule has 0 aliphatic carbocycles. The molecule has 1 heterocycles. The second-order valence-corrected chi connectivity index (χ2v) is 4.59. The highest BCUT2D eigenvalue weighted by Gasteiger charge is 2.27. The number of carboxylic acids is 1. The first-order valence-electron chi connectivity index (χ1n) is 6.53. The van der Waals surface area contributed by atoms with Crippen LogP contribution in [0.1, 0.15) is 17.2 Å². The first-order valence-corrected chi connectivity index (χ1v) is 6.53. The average molecular weight is 292 g/mol. The number of hydrogen-bond acceptors (Lipinski definition) is 4. The van der Waals surface area contributed by atoms with E-state index in [9.17, 15) is 14.4 Å². The molecule has 0 bridgehead atoms. The molecule has 112 valence electrons. The number of fused-ring (bicyclic) bond motifs is 1. The van der Waals surface area contributed by atoms with E-state index < -0.39 is 30.4 Å². The molecule has 1 aliphatic rings. The molecule has 0 radical (unpaired) electrons. The molecule has 0 saturated carbocycles. The molecule has 21 heavy (non-hydrogen) atoms. The van der Waals surface area contributed by atoms with Gasteiger partial charge in [0.15, 0.2) is 6.10 Å². The fourth-order valence-corrected chi connectivity index (χ4v) is 2.11. The van der Waals surface area contributed by atoms with Crippen molar-refractivity contribution in [3.63, 3.8) is 0 Å². The van der Waals surface area contributed by atoms with Gasteiger partial charge in [-0.1, -0.05) is 24.3 Å². The summed E-state index contributed by atoms with van der Waals surface area (Å²) in [5.41, 5.74) is 1.85. The van der Waals surface area contributed by atoms with E-state index in [-0.39, 0.29) is 6.54 Å². The summed E-state index contributed by atoms with van der Waals surface area (Å²) < 4.78 is 5.46. The Morgan fingerprint density at radius 1 is 1.19 bits per heavy atom. The zero-order chi connectivity index (χ0) is 15.2. The monoisotopic (exact) mass is 292 g/mol. The Bertz CT molecular complexity index is 558. The van der Waals surface area contributed by atoms with Gasteiger partial charge in [-0.3, -0.25) is 14.4 Å². The van der Waals surface area contributed by atoms with Crippen molar-refractivity contribution in [3.8, 4) is 0 Å². The molecule has 0 spiro atoms. The Kier molecular flexibility index (Phi) is 4.89. The maximum Gasteiger partial charge on any atom is 0.322 e. The van der Waals surface area contributed by atoms with Crippen molar-refractivity contribution in [1.29, 1.82) is 0 Å². The number of nitrogens with one attached hydrogen (secondary N) is 2. The number of aliphatic carboxylic acids is 1. The zero-order valence-electron chi connectivity index (χ0n) is 11.3. The molecule has 7 nitrogen and oxygen atoms in total. The summed E-state index contributed by atoms with van der Waals surface area (Å²) in [6.45, 7) is -0.314. The molecule has 3 N–H and O–H groups in total. The number of hydrogen-bond donors (Lipinski definition) is 3. The Morgan fingerprint density at radius 2 is 1.95 bits per heavy atom. The Balaban J connectivity index is 1.90. The summed E-state index contributed by atoms with van der Waals surface area (Å²) in [6, 6.07) is 7.49. The highest BCUT2D eigenvalue weighted by Crippen LogP contribution is 2.26. The van der Waals surface area contributed by atoms with Crippen molar-refractivity contribution >= 4 is 17.8 Å². The maximum absolute atomic E-state index is 12.1. The molecular weight excluding hydrogens is 276 g/mol. The van der Waals surface area contributed by atoms with E-state index in [0.29, 0.717) is 6.61 Å². The fraction of sp³-hybridized carbons (Fsp3) is 0.357. The molecule has 1 atom stereocenters. The number of benzene rings is 1. The lowest BCUT2D eigenvalue weighted by Crippen LogP contribution is -2.41. The van der Waals surface area contributed by atoms with Crippen LogP contribution in [0.4, 0.5) is 0 Å². The second kappa shape index (κ2) is 6.85. The van der Waals surface area contributed by atoms with Gasteiger partial charge in [0, 0.05) is 0 Å². The van der Waals surface area contributed by atoms with E-state index in [1.165, 1.54) is 0 Å². The van der Waals surface area contributed by atoms with E-state index in [1.54, 1.807) is 0 Å². The van der Waals surface area contributed by atoms with Crippen molar-refractivity contribution in [1.82, 2.24) is 10.6 Å². The van der Waals surface area contributed by atoms with Crippen molar-refractivity contribution < 1.29 is 24.2 Å². The van der Waals surface area contributed by atoms with Gasteiger partial charge >= 0.3 is 5.97 Å². The molecule has 1 aromatic rings. The minimum Gasteiger partial charge on any atom is -0.480 e. The Morgan fingerprint density at radius 3 is 2.71 bits per heavy atom. The SMILES string of the molecule is O=C(O)CNC(=O)CNC(=O)C1OCCc2ccccc21. The predicted octanol–water partition coefficient (Wildman–Crippen LogP) is -0.383. The van der Waals surface area contributed by atoms with Crippen LogP contribution in [-0.2, 0) is 25.5 Å². The van der Waals surface area contributed by atoms with E-state index in [2.05, 4.69) is 10.6 Å². The van der Waals surface area contributed by atoms with Crippen LogP contribution >= 0.6 is 0 Å². The quantitative estimate of drug-likeness (QED) is 0.686. The third-order valence-electron chi connectivity index (χ3n) is 3.09. The van der Waals surface area contributed by atoms with Crippen molar-refractivity contribution in [2.45, 2.75) is 12.5 Å². The van der Waals surface area contributed by atoms with Crippen LogP contribution in [0, 0.1) is 0 Å². The van der Waals surface area contributed by atoms with Gasteiger partial charge in [-0.05, 0) is 17.5 Å². The van der Waals surface area contributed by atoms with Gasteiger partial charge in [0.25, 0.3) is 5.91 Å². The van der Waals surface area contributed by atoms with Crippen LogP contribution in [0.3, 0.4) is 0 Å². The number of carboxylic acid groups (broad SMARTS) is 1. The molecule has 2 amide bonds. The molecule has 0 fully saturated rings. The summed E-state index contributed by atoms with van der Waals surface area (Å²) in [4.78, 5) is 33.7. The van der Waals surface area contributed by atoms with Crippen molar-refractivity contribution in [2.75, 3.05) is 19.7 Å². The summed E-state index contributed by atoms with van der Waals surface area (Å²) in [5, 5.41) is 13.0. The van der Waals surface area contributed by atoms with E-state index in [0.717, 1.165) is 17.5 Å². The maximum atomic E-state index is 12.1. The Hall–Kier alpha value is -2.41. The summed E-state index contributed by atoms with van der Waals surface area (Å²) in [7, 11) is 0. The number of carbonyl (C=O) groups is 3. The van der Waals surface area contributed by atoms with E-state index in [4.69, 9.17) is 9.84 Å².